The largest absolute Gasteiger partial charge is 0.489 e. The SMILES string of the molecule is C=CCNC(=O)C(=O)N/N=C/c1ccc(OCc2ccc(F)cc2)cc1. The topological polar surface area (TPSA) is 79.8 Å². The van der Waals surface area contributed by atoms with E-state index in [1.807, 2.05) is 0 Å². The molecule has 0 aromatic heterocycles. The van der Waals surface area contributed by atoms with Crippen LogP contribution in [0.5, 0.6) is 5.75 Å². The predicted molar refractivity (Wildman–Crippen MR) is 96.1 cm³/mol. The molecule has 7 heteroatoms. The van der Waals surface area contributed by atoms with E-state index in [0.29, 0.717) is 17.9 Å². The fourth-order valence-electron chi connectivity index (χ4n) is 1.86. The number of hydrogen-bond donors (Lipinski definition) is 2. The molecule has 0 spiro atoms. The van der Waals surface area contributed by atoms with Gasteiger partial charge in [-0.3, -0.25) is 9.59 Å². The van der Waals surface area contributed by atoms with Crippen LogP contribution in [0.25, 0.3) is 0 Å². The maximum absolute atomic E-state index is 12.8. The number of carbonyl (C=O) groups excluding carboxylic acids is 2. The van der Waals surface area contributed by atoms with Gasteiger partial charge < -0.3 is 10.1 Å². The Morgan fingerprint density at radius 3 is 2.42 bits per heavy atom. The van der Waals surface area contributed by atoms with Crippen molar-refractivity contribution in [2.24, 2.45) is 5.10 Å². The Balaban J connectivity index is 1.81. The third-order valence-corrected chi connectivity index (χ3v) is 3.19. The molecule has 0 aliphatic carbocycles. The van der Waals surface area contributed by atoms with Gasteiger partial charge in [0, 0.05) is 6.54 Å². The number of amides is 2. The van der Waals surface area contributed by atoms with Gasteiger partial charge in [0.25, 0.3) is 0 Å². The first kappa shape index (κ1) is 18.9. The quantitative estimate of drug-likeness (QED) is 0.346. The van der Waals surface area contributed by atoms with E-state index in [1.54, 1.807) is 36.4 Å². The molecule has 0 radical (unpaired) electrons. The van der Waals surface area contributed by atoms with Crippen molar-refractivity contribution in [3.8, 4) is 5.75 Å². The zero-order valence-electron chi connectivity index (χ0n) is 13.9. The molecular formula is C19H18FN3O3. The molecule has 2 N–H and O–H groups in total. The van der Waals surface area contributed by atoms with Gasteiger partial charge in [0.15, 0.2) is 0 Å². The Labute approximate surface area is 150 Å². The maximum Gasteiger partial charge on any atom is 0.329 e. The van der Waals surface area contributed by atoms with Crippen molar-refractivity contribution in [2.75, 3.05) is 6.54 Å². The molecule has 134 valence electrons. The zero-order valence-corrected chi connectivity index (χ0v) is 13.9. The van der Waals surface area contributed by atoms with Crippen molar-refractivity contribution in [3.63, 3.8) is 0 Å². The highest BCUT2D eigenvalue weighted by Gasteiger charge is 2.10. The van der Waals surface area contributed by atoms with Crippen LogP contribution in [0.3, 0.4) is 0 Å². The van der Waals surface area contributed by atoms with E-state index in [1.165, 1.54) is 24.4 Å². The Hall–Kier alpha value is -3.48. The molecule has 0 atom stereocenters. The summed E-state index contributed by atoms with van der Waals surface area (Å²) in [6.07, 6.45) is 2.87. The molecule has 0 bridgehead atoms. The monoisotopic (exact) mass is 355 g/mol. The molecule has 2 aromatic rings. The summed E-state index contributed by atoms with van der Waals surface area (Å²) in [5.41, 5.74) is 3.70. The summed E-state index contributed by atoms with van der Waals surface area (Å²) in [7, 11) is 0. The van der Waals surface area contributed by atoms with Crippen molar-refractivity contribution < 1.29 is 18.7 Å². The molecule has 0 aliphatic heterocycles. The smallest absolute Gasteiger partial charge is 0.329 e. The summed E-state index contributed by atoms with van der Waals surface area (Å²) >= 11 is 0. The van der Waals surface area contributed by atoms with Gasteiger partial charge in [-0.2, -0.15) is 5.10 Å². The minimum Gasteiger partial charge on any atom is -0.489 e. The third-order valence-electron chi connectivity index (χ3n) is 3.19. The standard InChI is InChI=1S/C19H18FN3O3/c1-2-11-21-18(24)19(25)23-22-12-14-5-9-17(10-6-14)26-13-15-3-7-16(20)8-4-15/h2-10,12H,1,11,13H2,(H,21,24)(H,23,25)/b22-12+. The van der Waals surface area contributed by atoms with E-state index in [9.17, 15) is 14.0 Å². The van der Waals surface area contributed by atoms with Crippen LogP contribution in [-0.2, 0) is 16.2 Å². The molecular weight excluding hydrogens is 337 g/mol. The summed E-state index contributed by atoms with van der Waals surface area (Å²) < 4.78 is 18.4. The van der Waals surface area contributed by atoms with Crippen molar-refractivity contribution in [2.45, 2.75) is 6.61 Å². The fraction of sp³-hybridized carbons (Fsp3) is 0.105. The number of ether oxygens (including phenoxy) is 1. The number of nitrogens with zero attached hydrogens (tertiary/aromatic N) is 1. The lowest BCUT2D eigenvalue weighted by atomic mass is 10.2. The van der Waals surface area contributed by atoms with E-state index in [4.69, 9.17) is 4.74 Å². The van der Waals surface area contributed by atoms with Crippen LogP contribution in [0, 0.1) is 5.82 Å². The lowest BCUT2D eigenvalue weighted by Gasteiger charge is -2.06. The van der Waals surface area contributed by atoms with Gasteiger partial charge in [0.05, 0.1) is 6.21 Å². The van der Waals surface area contributed by atoms with Gasteiger partial charge >= 0.3 is 11.8 Å². The zero-order chi connectivity index (χ0) is 18.8. The Morgan fingerprint density at radius 1 is 1.08 bits per heavy atom. The molecule has 0 unspecified atom stereocenters. The molecule has 2 amide bonds. The van der Waals surface area contributed by atoms with Gasteiger partial charge in [0.1, 0.15) is 18.2 Å². The van der Waals surface area contributed by atoms with Crippen LogP contribution in [0.4, 0.5) is 4.39 Å². The van der Waals surface area contributed by atoms with Crippen LogP contribution >= 0.6 is 0 Å². The van der Waals surface area contributed by atoms with Crippen LogP contribution in [0.15, 0.2) is 66.3 Å². The summed E-state index contributed by atoms with van der Waals surface area (Å²) in [4.78, 5) is 22.7. The molecule has 0 heterocycles. The van der Waals surface area contributed by atoms with E-state index in [2.05, 4.69) is 22.4 Å². The molecule has 0 saturated carbocycles. The van der Waals surface area contributed by atoms with Gasteiger partial charge in [-0.15, -0.1) is 6.58 Å². The number of hydrazone groups is 1. The van der Waals surface area contributed by atoms with E-state index in [-0.39, 0.29) is 12.4 Å². The third kappa shape index (κ3) is 6.20. The highest BCUT2D eigenvalue weighted by atomic mass is 19.1. The summed E-state index contributed by atoms with van der Waals surface area (Å²) in [6.45, 7) is 3.96. The number of rotatable bonds is 7. The summed E-state index contributed by atoms with van der Waals surface area (Å²) in [5.74, 6) is -1.30. The van der Waals surface area contributed by atoms with Crippen LogP contribution in [-0.4, -0.2) is 24.6 Å². The predicted octanol–water partition coefficient (Wildman–Crippen LogP) is 2.16. The number of halogens is 1. The number of benzene rings is 2. The highest BCUT2D eigenvalue weighted by Crippen LogP contribution is 2.13. The number of nitrogens with one attached hydrogen (secondary N) is 2. The second kappa shape index (κ2) is 9.73. The van der Waals surface area contributed by atoms with Crippen molar-refractivity contribution in [3.05, 3.63) is 78.1 Å². The molecule has 0 aliphatic rings. The first-order chi connectivity index (χ1) is 12.6. The van der Waals surface area contributed by atoms with Gasteiger partial charge in [0.2, 0.25) is 0 Å². The number of hydrogen-bond acceptors (Lipinski definition) is 4. The van der Waals surface area contributed by atoms with Crippen LogP contribution < -0.4 is 15.5 Å². The van der Waals surface area contributed by atoms with Gasteiger partial charge in [-0.25, -0.2) is 9.82 Å². The average Bonchev–Trinajstić information content (AvgIpc) is 2.66. The Bertz CT molecular complexity index is 787. The molecule has 26 heavy (non-hydrogen) atoms. The van der Waals surface area contributed by atoms with Crippen LogP contribution in [0.1, 0.15) is 11.1 Å². The first-order valence-corrected chi connectivity index (χ1v) is 7.78. The average molecular weight is 355 g/mol. The van der Waals surface area contributed by atoms with E-state index in [0.717, 1.165) is 5.56 Å². The van der Waals surface area contributed by atoms with E-state index < -0.39 is 11.8 Å². The van der Waals surface area contributed by atoms with Gasteiger partial charge in [-0.05, 0) is 47.5 Å². The van der Waals surface area contributed by atoms with E-state index >= 15 is 0 Å². The Kier molecular flexibility index (Phi) is 7.05. The van der Waals surface area contributed by atoms with Crippen molar-refractivity contribution in [1.82, 2.24) is 10.7 Å². The Morgan fingerprint density at radius 2 is 1.77 bits per heavy atom. The van der Waals surface area contributed by atoms with Gasteiger partial charge in [-0.1, -0.05) is 18.2 Å². The molecule has 2 aromatic carbocycles. The van der Waals surface area contributed by atoms with Crippen molar-refractivity contribution in [1.29, 1.82) is 0 Å². The highest BCUT2D eigenvalue weighted by molar-refractivity contribution is 6.35. The minimum atomic E-state index is -0.859. The second-order valence-corrected chi connectivity index (χ2v) is 5.18. The number of carbonyl (C=O) groups is 2. The maximum atomic E-state index is 12.8. The molecule has 2 rings (SSSR count). The lowest BCUT2D eigenvalue weighted by Crippen LogP contribution is -2.37. The fourth-order valence-corrected chi connectivity index (χ4v) is 1.86. The second-order valence-electron chi connectivity index (χ2n) is 5.18. The minimum absolute atomic E-state index is 0.204. The van der Waals surface area contributed by atoms with Crippen LogP contribution in [0.2, 0.25) is 0 Å². The summed E-state index contributed by atoms with van der Waals surface area (Å²) in [5, 5.41) is 6.05. The molecule has 0 saturated heterocycles. The normalized spacial score (nSPS) is 10.3. The van der Waals surface area contributed by atoms with Crippen molar-refractivity contribution >= 4 is 18.0 Å². The molecule has 0 fully saturated rings. The first-order valence-electron chi connectivity index (χ1n) is 7.78. The lowest BCUT2D eigenvalue weighted by molar-refractivity contribution is -0.139. The molecule has 6 nitrogen and oxygen atoms in total. The summed E-state index contributed by atoms with van der Waals surface area (Å²) in [6, 6.07) is 13.0.